The average Bonchev–Trinajstić information content (AvgIpc) is 2.59. The zero-order valence-corrected chi connectivity index (χ0v) is 7.70. The highest BCUT2D eigenvalue weighted by atomic mass is 16.3. The normalized spacial score (nSPS) is 10.4. The SMILES string of the molecule is Cc1ccc2c(C(=O)NN)occ2c1. The third kappa shape index (κ3) is 1.25. The quantitative estimate of drug-likeness (QED) is 0.405. The lowest BCUT2D eigenvalue weighted by Crippen LogP contribution is -2.29. The molecule has 0 fully saturated rings. The van der Waals surface area contributed by atoms with E-state index < -0.39 is 5.91 Å². The summed E-state index contributed by atoms with van der Waals surface area (Å²) in [5, 5.41) is 1.68. The first kappa shape index (κ1) is 8.77. The van der Waals surface area contributed by atoms with Crippen LogP contribution in [0.15, 0.2) is 28.9 Å². The second-order valence-electron chi connectivity index (χ2n) is 3.13. The molecule has 1 heterocycles. The molecule has 0 saturated heterocycles. The van der Waals surface area contributed by atoms with Crippen molar-refractivity contribution in [2.75, 3.05) is 0 Å². The Morgan fingerprint density at radius 2 is 2.29 bits per heavy atom. The van der Waals surface area contributed by atoms with Gasteiger partial charge in [-0.3, -0.25) is 10.2 Å². The van der Waals surface area contributed by atoms with E-state index in [1.807, 2.05) is 30.5 Å². The largest absolute Gasteiger partial charge is 0.458 e. The molecule has 0 unspecified atom stereocenters. The van der Waals surface area contributed by atoms with E-state index in [1.165, 1.54) is 0 Å². The maximum absolute atomic E-state index is 11.2. The van der Waals surface area contributed by atoms with Crippen LogP contribution in [0.4, 0.5) is 0 Å². The molecule has 4 heteroatoms. The van der Waals surface area contributed by atoms with Gasteiger partial charge in [0, 0.05) is 10.8 Å². The number of benzene rings is 1. The summed E-state index contributed by atoms with van der Waals surface area (Å²) in [7, 11) is 0. The van der Waals surface area contributed by atoms with Gasteiger partial charge in [-0.15, -0.1) is 0 Å². The Balaban J connectivity index is 2.64. The standard InChI is InChI=1S/C10H10N2O2/c1-6-2-3-8-7(4-6)5-14-9(8)10(13)12-11/h2-5H,11H2,1H3,(H,12,13). The number of hydrazine groups is 1. The van der Waals surface area contributed by atoms with E-state index in [1.54, 1.807) is 6.26 Å². The number of carbonyl (C=O) groups excluding carboxylic acids is 1. The van der Waals surface area contributed by atoms with Crippen LogP contribution in [-0.2, 0) is 0 Å². The predicted molar refractivity (Wildman–Crippen MR) is 52.6 cm³/mol. The number of hydrogen-bond donors (Lipinski definition) is 2. The minimum Gasteiger partial charge on any atom is -0.458 e. The van der Waals surface area contributed by atoms with E-state index in [0.717, 1.165) is 16.3 Å². The fourth-order valence-electron chi connectivity index (χ4n) is 1.41. The van der Waals surface area contributed by atoms with Crippen LogP contribution in [0, 0.1) is 6.92 Å². The van der Waals surface area contributed by atoms with Gasteiger partial charge >= 0.3 is 5.91 Å². The molecule has 0 saturated carbocycles. The second kappa shape index (κ2) is 3.16. The Kier molecular flexibility index (Phi) is 1.98. The van der Waals surface area contributed by atoms with Crippen LogP contribution >= 0.6 is 0 Å². The number of nitrogens with two attached hydrogens (primary N) is 1. The number of amides is 1. The molecule has 0 atom stereocenters. The highest BCUT2D eigenvalue weighted by Gasteiger charge is 2.12. The topological polar surface area (TPSA) is 68.3 Å². The van der Waals surface area contributed by atoms with Crippen LogP contribution < -0.4 is 11.3 Å². The van der Waals surface area contributed by atoms with Gasteiger partial charge in [-0.25, -0.2) is 5.84 Å². The summed E-state index contributed by atoms with van der Waals surface area (Å²) in [6, 6.07) is 5.72. The number of nitrogens with one attached hydrogen (secondary N) is 1. The molecule has 0 spiro atoms. The van der Waals surface area contributed by atoms with Gasteiger partial charge in [0.2, 0.25) is 0 Å². The van der Waals surface area contributed by atoms with Gasteiger partial charge in [0.05, 0.1) is 6.26 Å². The van der Waals surface area contributed by atoms with Crippen LogP contribution in [0.25, 0.3) is 10.8 Å². The van der Waals surface area contributed by atoms with Gasteiger partial charge in [0.25, 0.3) is 0 Å². The van der Waals surface area contributed by atoms with Crippen molar-refractivity contribution in [1.82, 2.24) is 5.43 Å². The number of rotatable bonds is 1. The van der Waals surface area contributed by atoms with Crippen molar-refractivity contribution < 1.29 is 9.21 Å². The summed E-state index contributed by atoms with van der Waals surface area (Å²) in [5.41, 5.74) is 3.16. The second-order valence-corrected chi connectivity index (χ2v) is 3.13. The number of furan rings is 1. The number of fused-ring (bicyclic) bond motifs is 1. The number of nitrogen functional groups attached to an aromatic ring is 1. The maximum Gasteiger partial charge on any atom is 0.301 e. The molecule has 0 aliphatic rings. The lowest BCUT2D eigenvalue weighted by molar-refractivity contribution is 0.0928. The van der Waals surface area contributed by atoms with Crippen LogP contribution in [0.5, 0.6) is 0 Å². The Bertz CT molecular complexity index is 488. The van der Waals surface area contributed by atoms with Crippen LogP contribution in [0.3, 0.4) is 0 Å². The van der Waals surface area contributed by atoms with Crippen LogP contribution in [0.2, 0.25) is 0 Å². The molecular weight excluding hydrogens is 180 g/mol. The molecule has 0 aliphatic heterocycles. The predicted octanol–water partition coefficient (Wildman–Crippen LogP) is 1.34. The summed E-state index contributed by atoms with van der Waals surface area (Å²) < 4.78 is 5.13. The van der Waals surface area contributed by atoms with Crippen molar-refractivity contribution in [2.24, 2.45) is 5.84 Å². The van der Waals surface area contributed by atoms with E-state index in [2.05, 4.69) is 0 Å². The molecule has 3 N–H and O–H groups in total. The van der Waals surface area contributed by atoms with Gasteiger partial charge in [-0.2, -0.15) is 0 Å². The smallest absolute Gasteiger partial charge is 0.301 e. The lowest BCUT2D eigenvalue weighted by Gasteiger charge is -1.95. The monoisotopic (exact) mass is 190 g/mol. The number of carbonyl (C=O) groups is 1. The van der Waals surface area contributed by atoms with Crippen molar-refractivity contribution >= 4 is 16.7 Å². The van der Waals surface area contributed by atoms with E-state index in [4.69, 9.17) is 10.3 Å². The maximum atomic E-state index is 11.2. The van der Waals surface area contributed by atoms with E-state index in [0.29, 0.717) is 0 Å². The van der Waals surface area contributed by atoms with Gasteiger partial charge in [0.15, 0.2) is 5.76 Å². The zero-order valence-electron chi connectivity index (χ0n) is 7.70. The third-order valence-electron chi connectivity index (χ3n) is 2.09. The van der Waals surface area contributed by atoms with Crippen LogP contribution in [-0.4, -0.2) is 5.91 Å². The zero-order chi connectivity index (χ0) is 10.1. The summed E-state index contributed by atoms with van der Waals surface area (Å²) >= 11 is 0. The third-order valence-corrected chi connectivity index (χ3v) is 2.09. The highest BCUT2D eigenvalue weighted by Crippen LogP contribution is 2.21. The van der Waals surface area contributed by atoms with Crippen molar-refractivity contribution in [2.45, 2.75) is 6.92 Å². The molecule has 2 aromatic rings. The molecule has 72 valence electrons. The first-order chi connectivity index (χ1) is 6.72. The average molecular weight is 190 g/mol. The molecule has 4 nitrogen and oxygen atoms in total. The van der Waals surface area contributed by atoms with Crippen molar-refractivity contribution in [3.05, 3.63) is 35.8 Å². The van der Waals surface area contributed by atoms with Crippen molar-refractivity contribution in [3.8, 4) is 0 Å². The molecule has 1 amide bonds. The Morgan fingerprint density at radius 1 is 1.50 bits per heavy atom. The molecule has 14 heavy (non-hydrogen) atoms. The van der Waals surface area contributed by atoms with Crippen molar-refractivity contribution in [3.63, 3.8) is 0 Å². The van der Waals surface area contributed by atoms with Crippen LogP contribution in [0.1, 0.15) is 16.1 Å². The molecule has 2 rings (SSSR count). The first-order valence-electron chi connectivity index (χ1n) is 4.21. The van der Waals surface area contributed by atoms with E-state index in [-0.39, 0.29) is 5.76 Å². The summed E-state index contributed by atoms with van der Waals surface area (Å²) in [4.78, 5) is 11.2. The lowest BCUT2D eigenvalue weighted by atomic mass is 10.1. The van der Waals surface area contributed by atoms with E-state index in [9.17, 15) is 4.79 Å². The van der Waals surface area contributed by atoms with Gasteiger partial charge in [-0.05, 0) is 13.0 Å². The number of aryl methyl sites for hydroxylation is 1. The van der Waals surface area contributed by atoms with Gasteiger partial charge < -0.3 is 4.42 Å². The molecule has 0 aliphatic carbocycles. The molecular formula is C10H10N2O2. The molecule has 1 aromatic carbocycles. The first-order valence-corrected chi connectivity index (χ1v) is 4.21. The molecule has 0 radical (unpaired) electrons. The number of hydrogen-bond acceptors (Lipinski definition) is 3. The Morgan fingerprint density at radius 3 is 3.00 bits per heavy atom. The summed E-state index contributed by atoms with van der Waals surface area (Å²) in [6.45, 7) is 1.98. The minimum absolute atomic E-state index is 0.252. The summed E-state index contributed by atoms with van der Waals surface area (Å²) in [6.07, 6.45) is 1.55. The summed E-state index contributed by atoms with van der Waals surface area (Å²) in [5.74, 6) is 4.86. The Labute approximate surface area is 80.7 Å². The van der Waals surface area contributed by atoms with E-state index >= 15 is 0 Å². The molecule has 0 bridgehead atoms. The fraction of sp³-hybridized carbons (Fsp3) is 0.100. The molecule has 1 aromatic heterocycles. The van der Waals surface area contributed by atoms with Gasteiger partial charge in [0.1, 0.15) is 0 Å². The minimum atomic E-state index is -0.413. The van der Waals surface area contributed by atoms with Gasteiger partial charge in [-0.1, -0.05) is 17.7 Å². The highest BCUT2D eigenvalue weighted by molar-refractivity contribution is 6.04. The Hall–Kier alpha value is -1.81. The van der Waals surface area contributed by atoms with Crippen molar-refractivity contribution in [1.29, 1.82) is 0 Å². The fourth-order valence-corrected chi connectivity index (χ4v) is 1.41.